The third-order valence-corrected chi connectivity index (χ3v) is 8.94. The second kappa shape index (κ2) is 14.5. The van der Waals surface area contributed by atoms with Crippen molar-refractivity contribution in [1.29, 1.82) is 5.26 Å². The first kappa shape index (κ1) is 34.6. The highest BCUT2D eigenvalue weighted by molar-refractivity contribution is 6.32. The van der Waals surface area contributed by atoms with Crippen molar-refractivity contribution in [3.63, 3.8) is 0 Å². The Hall–Kier alpha value is -3.78. The molecule has 2 aliphatic rings. The third-order valence-electron chi connectivity index (χ3n) is 8.50. The van der Waals surface area contributed by atoms with E-state index in [1.165, 1.54) is 0 Å². The normalized spacial score (nSPS) is 16.0. The number of piperazine rings is 1. The van der Waals surface area contributed by atoms with Crippen LogP contribution in [0.5, 0.6) is 11.5 Å². The van der Waals surface area contributed by atoms with Crippen molar-refractivity contribution in [2.45, 2.75) is 58.3 Å². The van der Waals surface area contributed by atoms with Crippen LogP contribution in [0.3, 0.4) is 0 Å². The van der Waals surface area contributed by atoms with Crippen LogP contribution in [-0.2, 0) is 16.8 Å². The van der Waals surface area contributed by atoms with Crippen LogP contribution in [-0.4, -0.2) is 89.3 Å². The zero-order chi connectivity index (χ0) is 33.8. The smallest absolute Gasteiger partial charge is 0.410 e. The van der Waals surface area contributed by atoms with Gasteiger partial charge in [-0.15, -0.1) is 11.6 Å². The van der Waals surface area contributed by atoms with Crippen molar-refractivity contribution in [2.24, 2.45) is 0 Å². The van der Waals surface area contributed by atoms with Gasteiger partial charge in [-0.3, -0.25) is 4.90 Å². The van der Waals surface area contributed by atoms with Crippen LogP contribution in [0.25, 0.3) is 0 Å². The fraction of sp³-hybridized carbons (Fsp3) is 0.486. The molecule has 0 unspecified atom stereocenters. The van der Waals surface area contributed by atoms with Gasteiger partial charge in [-0.05, 0) is 62.2 Å². The topological polar surface area (TPSA) is 104 Å². The van der Waals surface area contributed by atoms with Crippen LogP contribution in [0.15, 0.2) is 48.7 Å². The maximum atomic E-state index is 12.3. The Morgan fingerprint density at radius 3 is 2.34 bits per heavy atom. The molecule has 0 N–H and O–H groups in total. The molecule has 0 atom stereocenters. The molecule has 3 aromatic rings. The van der Waals surface area contributed by atoms with Gasteiger partial charge in [-0.25, -0.2) is 14.8 Å². The van der Waals surface area contributed by atoms with Crippen molar-refractivity contribution in [2.75, 3.05) is 56.7 Å². The number of hydrogen-bond donors (Lipinski definition) is 0. The Bertz CT molecular complexity index is 1590. The zero-order valence-electron chi connectivity index (χ0n) is 27.6. The SMILES string of the molecule is CC(C)(C)OC(=O)N1CC(N2CCN(c3nccc(COc4ccc(C(C)(C)c5cc(Cl)c(OCCCl)c(C#N)c5)cc4)n3)CC2)C1. The molecule has 12 heteroatoms. The third kappa shape index (κ3) is 8.39. The number of ether oxygens (including phenoxy) is 3. The van der Waals surface area contributed by atoms with Crippen LogP contribution >= 0.6 is 23.2 Å². The molecule has 1 amide bonds. The van der Waals surface area contributed by atoms with E-state index in [-0.39, 0.29) is 12.7 Å². The van der Waals surface area contributed by atoms with Crippen molar-refractivity contribution in [3.05, 3.63) is 76.1 Å². The van der Waals surface area contributed by atoms with E-state index in [0.29, 0.717) is 53.9 Å². The van der Waals surface area contributed by atoms with E-state index in [4.69, 9.17) is 42.4 Å². The molecule has 0 aliphatic carbocycles. The Balaban J connectivity index is 1.13. The van der Waals surface area contributed by atoms with E-state index < -0.39 is 11.0 Å². The monoisotopic (exact) mass is 680 g/mol. The fourth-order valence-electron chi connectivity index (χ4n) is 5.68. The quantitative estimate of drug-likeness (QED) is 0.229. The first-order valence-corrected chi connectivity index (χ1v) is 16.7. The number of likely N-dealkylation sites (tertiary alicyclic amines) is 1. The van der Waals surface area contributed by atoms with Gasteiger partial charge in [-0.1, -0.05) is 37.6 Å². The maximum absolute atomic E-state index is 12.3. The second-order valence-electron chi connectivity index (χ2n) is 13.3. The fourth-order valence-corrected chi connectivity index (χ4v) is 6.03. The number of carbonyl (C=O) groups is 1. The van der Waals surface area contributed by atoms with Gasteiger partial charge in [0.05, 0.1) is 22.2 Å². The van der Waals surface area contributed by atoms with E-state index >= 15 is 0 Å². The lowest BCUT2D eigenvalue weighted by atomic mass is 9.77. The Kier molecular flexibility index (Phi) is 10.7. The number of alkyl halides is 1. The average molecular weight is 682 g/mol. The molecule has 2 saturated heterocycles. The number of benzene rings is 2. The maximum Gasteiger partial charge on any atom is 0.410 e. The zero-order valence-corrected chi connectivity index (χ0v) is 29.1. The van der Waals surface area contributed by atoms with Crippen LogP contribution < -0.4 is 14.4 Å². The van der Waals surface area contributed by atoms with E-state index in [9.17, 15) is 10.1 Å². The molecule has 3 heterocycles. The highest BCUT2D eigenvalue weighted by Gasteiger charge is 2.38. The summed E-state index contributed by atoms with van der Waals surface area (Å²) >= 11 is 12.3. The molecule has 2 aliphatic heterocycles. The van der Waals surface area contributed by atoms with Crippen molar-refractivity contribution < 1.29 is 19.0 Å². The van der Waals surface area contributed by atoms with Crippen LogP contribution in [0, 0.1) is 11.3 Å². The minimum atomic E-state index is -0.481. The van der Waals surface area contributed by atoms with E-state index in [1.54, 1.807) is 11.1 Å². The molecule has 0 radical (unpaired) electrons. The summed E-state index contributed by atoms with van der Waals surface area (Å²) in [6, 6.07) is 16.0. The molecular formula is C35H42Cl2N6O4. The molecule has 0 saturated carbocycles. The summed E-state index contributed by atoms with van der Waals surface area (Å²) in [6.07, 6.45) is 1.53. The Labute approximate surface area is 287 Å². The summed E-state index contributed by atoms with van der Waals surface area (Å²) < 4.78 is 17.2. The first-order chi connectivity index (χ1) is 22.4. The molecule has 1 aromatic heterocycles. The van der Waals surface area contributed by atoms with Gasteiger partial charge in [0.25, 0.3) is 0 Å². The lowest BCUT2D eigenvalue weighted by Crippen LogP contribution is -2.64. The summed E-state index contributed by atoms with van der Waals surface area (Å²) in [5.41, 5.74) is 2.20. The molecule has 250 valence electrons. The van der Waals surface area contributed by atoms with E-state index in [1.807, 2.05) is 63.2 Å². The number of rotatable bonds is 10. The van der Waals surface area contributed by atoms with Gasteiger partial charge in [0.1, 0.15) is 30.6 Å². The van der Waals surface area contributed by atoms with Gasteiger partial charge < -0.3 is 24.0 Å². The molecule has 5 rings (SSSR count). The minimum Gasteiger partial charge on any atom is -0.489 e. The number of aromatic nitrogens is 2. The van der Waals surface area contributed by atoms with Crippen molar-refractivity contribution in [1.82, 2.24) is 19.8 Å². The van der Waals surface area contributed by atoms with Gasteiger partial charge >= 0.3 is 6.09 Å². The number of nitrogens with zero attached hydrogens (tertiary/aromatic N) is 6. The van der Waals surface area contributed by atoms with Gasteiger partial charge in [0, 0.05) is 56.9 Å². The molecule has 10 nitrogen and oxygen atoms in total. The van der Waals surface area contributed by atoms with Gasteiger partial charge in [0.2, 0.25) is 5.95 Å². The molecule has 0 spiro atoms. The number of carbonyl (C=O) groups excluding carboxylic acids is 1. The standard InChI is InChI=1S/C35H42Cl2N6O4/c1-34(2,3)47-33(44)43-21-28(22-43)41-13-15-42(16-14-41)32-39-12-10-27(40-32)23-46-29-8-6-25(7-9-29)35(4,5)26-18-24(20-38)31(30(37)19-26)45-17-11-36/h6-10,12,18-19,28H,11,13-17,21-23H2,1-5H3. The van der Waals surface area contributed by atoms with Gasteiger partial charge in [0.15, 0.2) is 5.75 Å². The number of amides is 1. The molecular weight excluding hydrogens is 639 g/mol. The molecule has 0 bridgehead atoms. The lowest BCUT2D eigenvalue weighted by Gasteiger charge is -2.47. The van der Waals surface area contributed by atoms with Crippen LogP contribution in [0.2, 0.25) is 5.02 Å². The highest BCUT2D eigenvalue weighted by Crippen LogP contribution is 2.38. The highest BCUT2D eigenvalue weighted by atomic mass is 35.5. The molecule has 47 heavy (non-hydrogen) atoms. The minimum absolute atomic E-state index is 0.240. The molecule has 2 fully saturated rings. The summed E-state index contributed by atoms with van der Waals surface area (Å²) in [5, 5.41) is 10.1. The summed E-state index contributed by atoms with van der Waals surface area (Å²) in [4.78, 5) is 28.0. The summed E-state index contributed by atoms with van der Waals surface area (Å²) in [7, 11) is 0. The number of hydrogen-bond acceptors (Lipinski definition) is 9. The lowest BCUT2D eigenvalue weighted by molar-refractivity contribution is -0.0162. The molecule has 2 aromatic carbocycles. The first-order valence-electron chi connectivity index (χ1n) is 15.8. The summed E-state index contributed by atoms with van der Waals surface area (Å²) in [5.74, 6) is 2.08. The second-order valence-corrected chi connectivity index (χ2v) is 14.1. The number of nitriles is 1. The van der Waals surface area contributed by atoms with Gasteiger partial charge in [-0.2, -0.15) is 5.26 Å². The summed E-state index contributed by atoms with van der Waals surface area (Å²) in [6.45, 7) is 15.2. The van der Waals surface area contributed by atoms with Crippen molar-refractivity contribution in [3.8, 4) is 17.6 Å². The van der Waals surface area contributed by atoms with Crippen molar-refractivity contribution >= 4 is 35.2 Å². The largest absolute Gasteiger partial charge is 0.489 e. The van der Waals surface area contributed by atoms with E-state index in [2.05, 4.69) is 34.7 Å². The Morgan fingerprint density at radius 2 is 1.70 bits per heavy atom. The Morgan fingerprint density at radius 1 is 1.00 bits per heavy atom. The van der Waals surface area contributed by atoms with Crippen LogP contribution in [0.4, 0.5) is 10.7 Å². The average Bonchev–Trinajstić information content (AvgIpc) is 3.02. The number of anilines is 1. The predicted molar refractivity (Wildman–Crippen MR) is 183 cm³/mol. The number of halogens is 2. The predicted octanol–water partition coefficient (Wildman–Crippen LogP) is 6.27. The van der Waals surface area contributed by atoms with Crippen LogP contribution in [0.1, 0.15) is 57.0 Å². The van der Waals surface area contributed by atoms with E-state index in [0.717, 1.165) is 48.7 Å².